The normalized spacial score (nSPS) is 12.2. The van der Waals surface area contributed by atoms with E-state index in [0.717, 1.165) is 12.2 Å². The molecule has 21 heavy (non-hydrogen) atoms. The van der Waals surface area contributed by atoms with Gasteiger partial charge in [0.2, 0.25) is 0 Å². The Morgan fingerprint density at radius 1 is 1.10 bits per heavy atom. The molecule has 0 aliphatic carbocycles. The Morgan fingerprint density at radius 3 is 2.33 bits per heavy atom. The molecule has 0 fully saturated rings. The minimum absolute atomic E-state index is 0.0596. The van der Waals surface area contributed by atoms with Gasteiger partial charge in [-0.15, -0.1) is 0 Å². The fourth-order valence-electron chi connectivity index (χ4n) is 2.65. The van der Waals surface area contributed by atoms with Gasteiger partial charge in [0, 0.05) is 24.8 Å². The molecule has 2 N–H and O–H groups in total. The average molecular weight is 286 g/mol. The standard InChI is InChI=1S/C18H23FN2/c1-4-21(16-8-6-15(19)7-9-16)12-18(20)17-10-5-13(2)11-14(17)3/h5-11,18H,4,12,20H2,1-3H3. The SMILES string of the molecule is CCN(CC(N)c1ccc(C)cc1C)c1ccc(F)cc1. The molecule has 2 aromatic carbocycles. The van der Waals surface area contributed by atoms with Crippen molar-refractivity contribution in [2.45, 2.75) is 26.8 Å². The first-order valence-corrected chi connectivity index (χ1v) is 7.34. The maximum absolute atomic E-state index is 13.0. The van der Waals surface area contributed by atoms with E-state index in [9.17, 15) is 4.39 Å². The van der Waals surface area contributed by atoms with Crippen LogP contribution in [-0.2, 0) is 0 Å². The average Bonchev–Trinajstić information content (AvgIpc) is 2.45. The third-order valence-electron chi connectivity index (χ3n) is 3.82. The van der Waals surface area contributed by atoms with Gasteiger partial charge in [-0.2, -0.15) is 0 Å². The van der Waals surface area contributed by atoms with Crippen LogP contribution in [0.4, 0.5) is 10.1 Å². The molecule has 2 rings (SSSR count). The lowest BCUT2D eigenvalue weighted by Gasteiger charge is -2.27. The van der Waals surface area contributed by atoms with Crippen molar-refractivity contribution in [2.24, 2.45) is 5.73 Å². The second-order valence-corrected chi connectivity index (χ2v) is 5.48. The van der Waals surface area contributed by atoms with Crippen LogP contribution in [0, 0.1) is 19.7 Å². The van der Waals surface area contributed by atoms with E-state index >= 15 is 0 Å². The minimum Gasteiger partial charge on any atom is -0.370 e. The van der Waals surface area contributed by atoms with Gasteiger partial charge in [0.05, 0.1) is 0 Å². The molecule has 0 bridgehead atoms. The molecule has 2 nitrogen and oxygen atoms in total. The third-order valence-corrected chi connectivity index (χ3v) is 3.82. The van der Waals surface area contributed by atoms with Gasteiger partial charge in [-0.25, -0.2) is 4.39 Å². The Morgan fingerprint density at radius 2 is 1.76 bits per heavy atom. The van der Waals surface area contributed by atoms with Gasteiger partial charge >= 0.3 is 0 Å². The van der Waals surface area contributed by atoms with Crippen LogP contribution in [0.2, 0.25) is 0 Å². The van der Waals surface area contributed by atoms with Crippen molar-refractivity contribution in [3.05, 3.63) is 65.0 Å². The zero-order valence-corrected chi connectivity index (χ0v) is 12.9. The van der Waals surface area contributed by atoms with Crippen LogP contribution >= 0.6 is 0 Å². The molecule has 1 unspecified atom stereocenters. The molecule has 0 amide bonds. The predicted octanol–water partition coefficient (Wildman–Crippen LogP) is 3.97. The summed E-state index contributed by atoms with van der Waals surface area (Å²) in [6, 6.07) is 12.9. The summed E-state index contributed by atoms with van der Waals surface area (Å²) in [7, 11) is 0. The van der Waals surface area contributed by atoms with Crippen LogP contribution in [0.15, 0.2) is 42.5 Å². The maximum Gasteiger partial charge on any atom is 0.123 e. The van der Waals surface area contributed by atoms with Gasteiger partial charge in [0.1, 0.15) is 5.82 Å². The lowest BCUT2D eigenvalue weighted by atomic mass is 9.99. The van der Waals surface area contributed by atoms with E-state index < -0.39 is 0 Å². The molecule has 1 atom stereocenters. The van der Waals surface area contributed by atoms with Crippen molar-refractivity contribution >= 4 is 5.69 Å². The van der Waals surface area contributed by atoms with Gasteiger partial charge in [-0.05, 0) is 56.2 Å². The number of nitrogens with zero attached hydrogens (tertiary/aromatic N) is 1. The summed E-state index contributed by atoms with van der Waals surface area (Å²) in [6.45, 7) is 7.81. The highest BCUT2D eigenvalue weighted by atomic mass is 19.1. The van der Waals surface area contributed by atoms with E-state index in [4.69, 9.17) is 5.73 Å². The highest BCUT2D eigenvalue weighted by Crippen LogP contribution is 2.21. The number of likely N-dealkylation sites (N-methyl/N-ethyl adjacent to an activating group) is 1. The second kappa shape index (κ2) is 6.72. The van der Waals surface area contributed by atoms with E-state index in [0.29, 0.717) is 6.54 Å². The lowest BCUT2D eigenvalue weighted by Crippen LogP contribution is -2.32. The van der Waals surface area contributed by atoms with Gasteiger partial charge < -0.3 is 10.6 Å². The summed E-state index contributed by atoms with van der Waals surface area (Å²) >= 11 is 0. The Bertz CT molecular complexity index is 593. The maximum atomic E-state index is 13.0. The number of benzene rings is 2. The number of aryl methyl sites for hydroxylation is 2. The highest BCUT2D eigenvalue weighted by molar-refractivity contribution is 5.47. The molecular weight excluding hydrogens is 263 g/mol. The summed E-state index contributed by atoms with van der Waals surface area (Å²) in [4.78, 5) is 2.17. The number of hydrogen-bond acceptors (Lipinski definition) is 2. The molecule has 0 saturated carbocycles. The Balaban J connectivity index is 2.15. The topological polar surface area (TPSA) is 29.3 Å². The lowest BCUT2D eigenvalue weighted by molar-refractivity contribution is 0.626. The van der Waals surface area contributed by atoms with Gasteiger partial charge in [0.25, 0.3) is 0 Å². The second-order valence-electron chi connectivity index (χ2n) is 5.48. The fraction of sp³-hybridized carbons (Fsp3) is 0.333. The van der Waals surface area contributed by atoms with E-state index in [1.54, 1.807) is 12.1 Å². The molecule has 3 heteroatoms. The van der Waals surface area contributed by atoms with Crippen LogP contribution in [-0.4, -0.2) is 13.1 Å². The summed E-state index contributed by atoms with van der Waals surface area (Å²) in [5.74, 6) is -0.214. The molecule has 0 heterocycles. The largest absolute Gasteiger partial charge is 0.370 e. The van der Waals surface area contributed by atoms with Crippen molar-refractivity contribution in [2.75, 3.05) is 18.0 Å². The quantitative estimate of drug-likeness (QED) is 0.901. The minimum atomic E-state index is -0.214. The van der Waals surface area contributed by atoms with Crippen LogP contribution in [0.1, 0.15) is 29.7 Å². The first-order chi connectivity index (χ1) is 10.0. The van der Waals surface area contributed by atoms with E-state index in [2.05, 4.69) is 43.9 Å². The van der Waals surface area contributed by atoms with Gasteiger partial charge in [-0.1, -0.05) is 23.8 Å². The predicted molar refractivity (Wildman–Crippen MR) is 87.1 cm³/mol. The Labute approximate surface area is 126 Å². The molecule has 0 aromatic heterocycles. The summed E-state index contributed by atoms with van der Waals surface area (Å²) in [6.07, 6.45) is 0. The molecule has 0 aliphatic heterocycles. The molecule has 0 radical (unpaired) electrons. The monoisotopic (exact) mass is 286 g/mol. The Hall–Kier alpha value is -1.87. The summed E-state index contributed by atoms with van der Waals surface area (Å²) in [5, 5.41) is 0. The highest BCUT2D eigenvalue weighted by Gasteiger charge is 2.14. The van der Waals surface area contributed by atoms with Crippen molar-refractivity contribution in [1.82, 2.24) is 0 Å². The van der Waals surface area contributed by atoms with Gasteiger partial charge in [-0.3, -0.25) is 0 Å². The zero-order chi connectivity index (χ0) is 15.4. The van der Waals surface area contributed by atoms with Crippen molar-refractivity contribution in [3.63, 3.8) is 0 Å². The van der Waals surface area contributed by atoms with E-state index in [1.807, 2.05) is 0 Å². The van der Waals surface area contributed by atoms with Crippen LogP contribution in [0.25, 0.3) is 0 Å². The van der Waals surface area contributed by atoms with E-state index in [1.165, 1.54) is 28.8 Å². The number of hydrogen-bond donors (Lipinski definition) is 1. The van der Waals surface area contributed by atoms with Gasteiger partial charge in [0.15, 0.2) is 0 Å². The number of nitrogens with two attached hydrogens (primary N) is 1. The smallest absolute Gasteiger partial charge is 0.123 e. The molecule has 2 aromatic rings. The van der Waals surface area contributed by atoms with Crippen LogP contribution in [0.3, 0.4) is 0 Å². The number of rotatable bonds is 5. The Kier molecular flexibility index (Phi) is 4.97. The van der Waals surface area contributed by atoms with Crippen molar-refractivity contribution < 1.29 is 4.39 Å². The summed E-state index contributed by atoms with van der Waals surface area (Å²) < 4.78 is 13.0. The van der Waals surface area contributed by atoms with Crippen molar-refractivity contribution in [1.29, 1.82) is 0 Å². The molecular formula is C18H23FN2. The van der Waals surface area contributed by atoms with Crippen LogP contribution in [0.5, 0.6) is 0 Å². The molecule has 0 spiro atoms. The molecule has 112 valence electrons. The van der Waals surface area contributed by atoms with E-state index in [-0.39, 0.29) is 11.9 Å². The first kappa shape index (κ1) is 15.5. The molecule has 0 aliphatic rings. The third kappa shape index (κ3) is 3.82. The first-order valence-electron chi connectivity index (χ1n) is 7.34. The zero-order valence-electron chi connectivity index (χ0n) is 12.9. The molecule has 0 saturated heterocycles. The number of halogens is 1. The summed E-state index contributed by atoms with van der Waals surface area (Å²) in [5.41, 5.74) is 11.0. The fourth-order valence-corrected chi connectivity index (χ4v) is 2.65. The van der Waals surface area contributed by atoms with Crippen molar-refractivity contribution in [3.8, 4) is 0 Å². The number of anilines is 1. The van der Waals surface area contributed by atoms with Crippen LogP contribution < -0.4 is 10.6 Å².